The standard InChI is InChI=1S/C41H44N4O3S2/c1-25(2)28-17-15-27(16-18-28)21-35(44-38(47)29-11-8-7-9-12-29)39(48)43-31-13-10-14-32(23-31)49-26(3)37(46)45-40-34(24-42)33-20-19-30(41(4,5)6)22-36(33)50-40/h7-18,21,23,25-26,30H,19-20,22H2,1-6H3,(H,43,48)(H,44,47)(H,45,46)/b35-21+. The van der Waals surface area contributed by atoms with Gasteiger partial charge in [-0.25, -0.2) is 0 Å². The Morgan fingerprint density at radius 1 is 0.960 bits per heavy atom. The van der Waals surface area contributed by atoms with Crippen molar-refractivity contribution in [3.8, 4) is 6.07 Å². The predicted octanol–water partition coefficient (Wildman–Crippen LogP) is 9.42. The van der Waals surface area contributed by atoms with Gasteiger partial charge in [0.2, 0.25) is 5.91 Å². The van der Waals surface area contributed by atoms with Gasteiger partial charge in [-0.15, -0.1) is 23.1 Å². The largest absolute Gasteiger partial charge is 0.321 e. The van der Waals surface area contributed by atoms with Gasteiger partial charge in [-0.2, -0.15) is 5.26 Å². The minimum absolute atomic E-state index is 0.0997. The quantitative estimate of drug-likeness (QED) is 0.113. The van der Waals surface area contributed by atoms with E-state index in [4.69, 9.17) is 0 Å². The molecule has 1 heterocycles. The van der Waals surface area contributed by atoms with Gasteiger partial charge in [0, 0.05) is 21.0 Å². The average Bonchev–Trinajstić information content (AvgIpc) is 3.44. The van der Waals surface area contributed by atoms with Crippen LogP contribution in [-0.2, 0) is 22.4 Å². The number of nitrogens with zero attached hydrogens (tertiary/aromatic N) is 1. The molecule has 1 aromatic heterocycles. The fourth-order valence-electron chi connectivity index (χ4n) is 5.93. The van der Waals surface area contributed by atoms with E-state index in [0.717, 1.165) is 35.3 Å². The van der Waals surface area contributed by atoms with Crippen molar-refractivity contribution < 1.29 is 14.4 Å². The number of rotatable bonds is 10. The van der Waals surface area contributed by atoms with Gasteiger partial charge in [0.25, 0.3) is 11.8 Å². The van der Waals surface area contributed by atoms with E-state index in [2.05, 4.69) is 56.6 Å². The highest BCUT2D eigenvalue weighted by Gasteiger charge is 2.32. The number of carbonyl (C=O) groups is 3. The lowest BCUT2D eigenvalue weighted by atomic mass is 9.72. The molecule has 3 N–H and O–H groups in total. The molecule has 0 bridgehead atoms. The Morgan fingerprint density at radius 2 is 1.68 bits per heavy atom. The molecule has 258 valence electrons. The lowest BCUT2D eigenvalue weighted by Crippen LogP contribution is -2.30. The highest BCUT2D eigenvalue weighted by molar-refractivity contribution is 8.00. The summed E-state index contributed by atoms with van der Waals surface area (Å²) >= 11 is 2.89. The van der Waals surface area contributed by atoms with E-state index in [1.165, 1.54) is 33.5 Å². The van der Waals surface area contributed by atoms with Crippen molar-refractivity contribution in [3.05, 3.63) is 117 Å². The number of carbonyl (C=O) groups excluding carboxylic acids is 3. The molecule has 2 unspecified atom stereocenters. The first-order valence-electron chi connectivity index (χ1n) is 16.9. The van der Waals surface area contributed by atoms with Gasteiger partial charge < -0.3 is 16.0 Å². The molecule has 0 aliphatic heterocycles. The molecular formula is C41H44N4O3S2. The molecule has 50 heavy (non-hydrogen) atoms. The second-order valence-electron chi connectivity index (χ2n) is 14.1. The summed E-state index contributed by atoms with van der Waals surface area (Å²) < 4.78 is 0. The molecule has 9 heteroatoms. The Labute approximate surface area is 303 Å². The van der Waals surface area contributed by atoms with Crippen molar-refractivity contribution in [3.63, 3.8) is 0 Å². The van der Waals surface area contributed by atoms with Gasteiger partial charge in [0.05, 0.1) is 10.8 Å². The fourth-order valence-corrected chi connectivity index (χ4v) is 8.14. The SMILES string of the molecule is CC(Sc1cccc(NC(=O)/C(=C\c2ccc(C(C)C)cc2)NC(=O)c2ccccc2)c1)C(=O)Nc1sc2c(c1C#N)CCC(C(C)(C)C)C2. The van der Waals surface area contributed by atoms with Gasteiger partial charge in [-0.3, -0.25) is 14.4 Å². The van der Waals surface area contributed by atoms with Crippen molar-refractivity contribution in [2.75, 3.05) is 10.6 Å². The van der Waals surface area contributed by atoms with Crippen LogP contribution in [0.2, 0.25) is 0 Å². The zero-order chi connectivity index (χ0) is 36.0. The third kappa shape index (κ3) is 9.12. The molecule has 0 saturated carbocycles. The van der Waals surface area contributed by atoms with Crippen LogP contribution in [0.4, 0.5) is 10.7 Å². The number of hydrogen-bond acceptors (Lipinski definition) is 6. The van der Waals surface area contributed by atoms with Gasteiger partial charge in [-0.1, -0.05) is 83.1 Å². The molecule has 2 atom stereocenters. The Hall–Kier alpha value is -4.65. The predicted molar refractivity (Wildman–Crippen MR) is 205 cm³/mol. The summed E-state index contributed by atoms with van der Waals surface area (Å²) in [6.07, 6.45) is 4.48. The topological polar surface area (TPSA) is 111 Å². The summed E-state index contributed by atoms with van der Waals surface area (Å²) in [6, 6.07) is 26.2. The molecule has 7 nitrogen and oxygen atoms in total. The maximum Gasteiger partial charge on any atom is 0.272 e. The molecule has 1 aliphatic rings. The monoisotopic (exact) mass is 704 g/mol. The molecule has 1 aliphatic carbocycles. The minimum Gasteiger partial charge on any atom is -0.321 e. The van der Waals surface area contributed by atoms with Crippen molar-refractivity contribution >= 4 is 57.6 Å². The summed E-state index contributed by atoms with van der Waals surface area (Å²) in [5.74, 6) is -0.159. The van der Waals surface area contributed by atoms with Crippen molar-refractivity contribution in [1.29, 1.82) is 5.26 Å². The molecule has 0 fully saturated rings. The summed E-state index contributed by atoms with van der Waals surface area (Å²) in [4.78, 5) is 42.1. The van der Waals surface area contributed by atoms with Gasteiger partial charge >= 0.3 is 0 Å². The Kier molecular flexibility index (Phi) is 11.7. The third-order valence-corrected chi connectivity index (χ3v) is 11.3. The second kappa shape index (κ2) is 15.9. The van der Waals surface area contributed by atoms with Crippen LogP contribution in [0.1, 0.15) is 91.4 Å². The Bertz CT molecular complexity index is 1930. The van der Waals surface area contributed by atoms with E-state index in [9.17, 15) is 19.6 Å². The zero-order valence-electron chi connectivity index (χ0n) is 29.4. The summed E-state index contributed by atoms with van der Waals surface area (Å²) in [6.45, 7) is 12.8. The first-order chi connectivity index (χ1) is 23.8. The number of anilines is 2. The van der Waals surface area contributed by atoms with Gasteiger partial charge in [0.1, 0.15) is 16.8 Å². The molecule has 5 rings (SSSR count). The highest BCUT2D eigenvalue weighted by Crippen LogP contribution is 2.44. The number of fused-ring (bicyclic) bond motifs is 1. The molecule has 0 saturated heterocycles. The molecule has 0 radical (unpaired) electrons. The maximum absolute atomic E-state index is 13.6. The molecule has 3 aromatic carbocycles. The van der Waals surface area contributed by atoms with Crippen LogP contribution >= 0.6 is 23.1 Å². The van der Waals surface area contributed by atoms with E-state index >= 15 is 0 Å². The fraction of sp³-hybridized carbons (Fsp3) is 0.317. The van der Waals surface area contributed by atoms with E-state index < -0.39 is 17.1 Å². The highest BCUT2D eigenvalue weighted by atomic mass is 32.2. The summed E-state index contributed by atoms with van der Waals surface area (Å²) in [5.41, 5.74) is 4.86. The van der Waals surface area contributed by atoms with Crippen LogP contribution in [0.5, 0.6) is 0 Å². The lowest BCUT2D eigenvalue weighted by molar-refractivity contribution is -0.115. The Morgan fingerprint density at radius 3 is 2.34 bits per heavy atom. The average molecular weight is 705 g/mol. The van der Waals surface area contributed by atoms with Crippen LogP contribution in [0.3, 0.4) is 0 Å². The minimum atomic E-state index is -0.477. The molecular weight excluding hydrogens is 661 g/mol. The number of nitriles is 1. The lowest BCUT2D eigenvalue weighted by Gasteiger charge is -2.33. The van der Waals surface area contributed by atoms with Crippen LogP contribution in [0, 0.1) is 22.7 Å². The van der Waals surface area contributed by atoms with Crippen LogP contribution < -0.4 is 16.0 Å². The zero-order valence-corrected chi connectivity index (χ0v) is 31.1. The van der Waals surface area contributed by atoms with Crippen LogP contribution in [0.25, 0.3) is 6.08 Å². The van der Waals surface area contributed by atoms with Crippen molar-refractivity contribution in [2.45, 2.75) is 76.9 Å². The number of thiophene rings is 1. The number of hydrogen-bond donors (Lipinski definition) is 3. The van der Waals surface area contributed by atoms with Crippen molar-refractivity contribution in [1.82, 2.24) is 5.32 Å². The maximum atomic E-state index is 13.6. The van der Waals surface area contributed by atoms with Crippen LogP contribution in [0.15, 0.2) is 89.5 Å². The smallest absolute Gasteiger partial charge is 0.272 e. The Balaban J connectivity index is 1.28. The molecule has 4 aromatic rings. The number of benzene rings is 3. The number of thioether (sulfide) groups is 1. The number of amides is 3. The van der Waals surface area contributed by atoms with E-state index in [-0.39, 0.29) is 17.0 Å². The molecule has 0 spiro atoms. The second-order valence-corrected chi connectivity index (χ2v) is 16.6. The van der Waals surface area contributed by atoms with E-state index in [1.807, 2.05) is 49.4 Å². The van der Waals surface area contributed by atoms with Gasteiger partial charge in [-0.05, 0) is 96.5 Å². The third-order valence-electron chi connectivity index (χ3n) is 9.06. The summed E-state index contributed by atoms with van der Waals surface area (Å²) in [7, 11) is 0. The van der Waals surface area contributed by atoms with E-state index in [0.29, 0.717) is 33.7 Å². The van der Waals surface area contributed by atoms with Crippen molar-refractivity contribution in [2.24, 2.45) is 11.3 Å². The van der Waals surface area contributed by atoms with Gasteiger partial charge in [0.15, 0.2) is 0 Å². The first-order valence-corrected chi connectivity index (χ1v) is 18.6. The molecule has 3 amide bonds. The van der Waals surface area contributed by atoms with Crippen LogP contribution in [-0.4, -0.2) is 23.0 Å². The van der Waals surface area contributed by atoms with E-state index in [1.54, 1.807) is 42.5 Å². The summed E-state index contributed by atoms with van der Waals surface area (Å²) in [5, 5.41) is 18.9. The number of nitrogens with one attached hydrogen (secondary N) is 3. The normalized spacial score (nSPS) is 15.1. The first kappa shape index (κ1) is 36.6.